The molecular formula is C15H24N4O2. The first-order valence-electron chi connectivity index (χ1n) is 7.49. The standard InChI is InChI=1S/C15H24N4O2/c1-14(2)9-6-7-15(3,8-9)10(14)16-11-17-12(20-4)19-13(18-11)21-5/h9-10H,6-8H2,1-5H3,(H,16,17,18,19). The van der Waals surface area contributed by atoms with Crippen molar-refractivity contribution in [1.29, 1.82) is 0 Å². The molecule has 2 aliphatic rings. The van der Waals surface area contributed by atoms with Crippen LogP contribution >= 0.6 is 0 Å². The predicted octanol–water partition coefficient (Wildman–Crippen LogP) is 2.52. The summed E-state index contributed by atoms with van der Waals surface area (Å²) in [6.45, 7) is 7.06. The third kappa shape index (κ3) is 2.21. The minimum atomic E-state index is 0.236. The fourth-order valence-corrected chi connectivity index (χ4v) is 4.38. The van der Waals surface area contributed by atoms with Gasteiger partial charge in [-0.1, -0.05) is 20.8 Å². The van der Waals surface area contributed by atoms with Gasteiger partial charge in [-0.25, -0.2) is 0 Å². The van der Waals surface area contributed by atoms with Crippen LogP contribution in [0.2, 0.25) is 0 Å². The van der Waals surface area contributed by atoms with Gasteiger partial charge in [-0.05, 0) is 36.0 Å². The van der Waals surface area contributed by atoms with Crippen molar-refractivity contribution in [3.63, 3.8) is 0 Å². The van der Waals surface area contributed by atoms with Crippen LogP contribution in [0.25, 0.3) is 0 Å². The highest BCUT2D eigenvalue weighted by Gasteiger charge is 2.59. The van der Waals surface area contributed by atoms with Crippen LogP contribution in [0.1, 0.15) is 40.0 Å². The van der Waals surface area contributed by atoms with Crippen LogP contribution in [0.5, 0.6) is 12.0 Å². The Hall–Kier alpha value is -1.59. The van der Waals surface area contributed by atoms with E-state index < -0.39 is 0 Å². The molecule has 6 nitrogen and oxygen atoms in total. The lowest BCUT2D eigenvalue weighted by molar-refractivity contribution is 0.154. The smallest absolute Gasteiger partial charge is 0.324 e. The third-order valence-electron chi connectivity index (χ3n) is 5.50. The molecule has 1 N–H and O–H groups in total. The van der Waals surface area contributed by atoms with Crippen LogP contribution in [0.4, 0.5) is 5.95 Å². The molecule has 0 saturated heterocycles. The molecule has 1 aromatic heterocycles. The van der Waals surface area contributed by atoms with Crippen LogP contribution in [0.15, 0.2) is 0 Å². The number of nitrogens with zero attached hydrogens (tertiary/aromatic N) is 3. The molecule has 2 aliphatic carbocycles. The van der Waals surface area contributed by atoms with Gasteiger partial charge in [-0.15, -0.1) is 4.98 Å². The molecule has 2 bridgehead atoms. The largest absolute Gasteiger partial charge is 0.467 e. The van der Waals surface area contributed by atoms with Crippen molar-refractivity contribution in [2.45, 2.75) is 46.1 Å². The maximum absolute atomic E-state index is 5.12. The number of fused-ring (bicyclic) bond motifs is 2. The Kier molecular flexibility index (Phi) is 3.22. The van der Waals surface area contributed by atoms with Crippen molar-refractivity contribution in [2.75, 3.05) is 19.5 Å². The first-order chi connectivity index (χ1) is 9.89. The molecule has 3 atom stereocenters. The summed E-state index contributed by atoms with van der Waals surface area (Å²) in [6, 6.07) is 0.895. The van der Waals surface area contributed by atoms with E-state index in [9.17, 15) is 0 Å². The first-order valence-corrected chi connectivity index (χ1v) is 7.49. The van der Waals surface area contributed by atoms with Gasteiger partial charge in [0.05, 0.1) is 14.2 Å². The summed E-state index contributed by atoms with van der Waals surface area (Å²) in [6.07, 6.45) is 3.86. The lowest BCUT2D eigenvalue weighted by atomic mass is 9.68. The zero-order valence-electron chi connectivity index (χ0n) is 13.4. The molecule has 0 radical (unpaired) electrons. The van der Waals surface area contributed by atoms with Gasteiger partial charge in [0.2, 0.25) is 5.95 Å². The SMILES string of the molecule is COc1nc(NC2C3(C)CCC(C3)C2(C)C)nc(OC)n1. The third-order valence-corrected chi connectivity index (χ3v) is 5.50. The molecule has 2 fully saturated rings. The molecule has 0 spiro atoms. The molecule has 0 aliphatic heterocycles. The Morgan fingerprint density at radius 2 is 1.67 bits per heavy atom. The van der Waals surface area contributed by atoms with E-state index in [1.165, 1.54) is 19.3 Å². The highest BCUT2D eigenvalue weighted by molar-refractivity contribution is 5.33. The highest BCUT2D eigenvalue weighted by Crippen LogP contribution is 2.62. The summed E-state index contributed by atoms with van der Waals surface area (Å²) < 4.78 is 10.2. The number of ether oxygens (including phenoxy) is 2. The Morgan fingerprint density at radius 1 is 1.05 bits per heavy atom. The average Bonchev–Trinajstić information content (AvgIpc) is 2.94. The normalized spacial score (nSPS) is 33.0. The van der Waals surface area contributed by atoms with E-state index in [-0.39, 0.29) is 17.4 Å². The van der Waals surface area contributed by atoms with E-state index in [1.807, 2.05) is 0 Å². The molecule has 3 rings (SSSR count). The molecular weight excluding hydrogens is 268 g/mol. The molecule has 3 unspecified atom stereocenters. The number of aromatic nitrogens is 3. The molecule has 21 heavy (non-hydrogen) atoms. The average molecular weight is 292 g/mol. The van der Waals surface area contributed by atoms with Crippen LogP contribution < -0.4 is 14.8 Å². The molecule has 0 amide bonds. The van der Waals surface area contributed by atoms with Crippen molar-refractivity contribution in [3.8, 4) is 12.0 Å². The number of hydrogen-bond acceptors (Lipinski definition) is 6. The summed E-state index contributed by atoms with van der Waals surface area (Å²) in [7, 11) is 3.09. The first kappa shape index (κ1) is 14.4. The summed E-state index contributed by atoms with van der Waals surface area (Å²) in [5.41, 5.74) is 0.543. The molecule has 2 saturated carbocycles. The molecule has 1 aromatic rings. The van der Waals surface area contributed by atoms with Gasteiger partial charge in [0, 0.05) is 6.04 Å². The molecule has 0 aromatic carbocycles. The summed E-state index contributed by atoms with van der Waals surface area (Å²) >= 11 is 0. The number of rotatable bonds is 4. The summed E-state index contributed by atoms with van der Waals surface area (Å²) in [5.74, 6) is 1.30. The fourth-order valence-electron chi connectivity index (χ4n) is 4.38. The number of hydrogen-bond donors (Lipinski definition) is 1. The Labute approximate surface area is 125 Å². The minimum absolute atomic E-state index is 0.236. The van der Waals surface area contributed by atoms with Crippen LogP contribution in [-0.4, -0.2) is 35.2 Å². The Bertz CT molecular complexity index is 521. The van der Waals surface area contributed by atoms with Crippen molar-refractivity contribution in [1.82, 2.24) is 15.0 Å². The zero-order valence-corrected chi connectivity index (χ0v) is 13.4. The highest BCUT2D eigenvalue weighted by atomic mass is 16.5. The van der Waals surface area contributed by atoms with Crippen molar-refractivity contribution in [3.05, 3.63) is 0 Å². The second-order valence-electron chi connectivity index (χ2n) is 7.12. The predicted molar refractivity (Wildman–Crippen MR) is 79.6 cm³/mol. The Morgan fingerprint density at radius 3 is 2.14 bits per heavy atom. The van der Waals surface area contributed by atoms with E-state index in [0.717, 1.165) is 5.92 Å². The second-order valence-corrected chi connectivity index (χ2v) is 7.12. The zero-order chi connectivity index (χ0) is 15.3. The van der Waals surface area contributed by atoms with E-state index in [4.69, 9.17) is 9.47 Å². The van der Waals surface area contributed by atoms with Crippen molar-refractivity contribution < 1.29 is 9.47 Å². The number of anilines is 1. The van der Waals surface area contributed by atoms with E-state index >= 15 is 0 Å². The van der Waals surface area contributed by atoms with Gasteiger partial charge in [-0.2, -0.15) is 9.97 Å². The van der Waals surface area contributed by atoms with Crippen LogP contribution in [-0.2, 0) is 0 Å². The summed E-state index contributed by atoms with van der Waals surface area (Å²) in [4.78, 5) is 12.7. The van der Waals surface area contributed by atoms with E-state index in [2.05, 4.69) is 41.0 Å². The van der Waals surface area contributed by atoms with Crippen molar-refractivity contribution >= 4 is 5.95 Å². The second kappa shape index (κ2) is 4.71. The lowest BCUT2D eigenvalue weighted by Gasteiger charge is -2.43. The molecule has 6 heteroatoms. The number of nitrogens with one attached hydrogen (secondary N) is 1. The van der Waals surface area contributed by atoms with Gasteiger partial charge >= 0.3 is 12.0 Å². The van der Waals surface area contributed by atoms with Gasteiger partial charge in [0.15, 0.2) is 0 Å². The summed E-state index contributed by atoms with van der Waals surface area (Å²) in [5, 5.41) is 3.53. The maximum Gasteiger partial charge on any atom is 0.324 e. The minimum Gasteiger partial charge on any atom is -0.467 e. The van der Waals surface area contributed by atoms with Gasteiger partial charge in [-0.3, -0.25) is 0 Å². The van der Waals surface area contributed by atoms with E-state index in [0.29, 0.717) is 17.4 Å². The fraction of sp³-hybridized carbons (Fsp3) is 0.800. The Balaban J connectivity index is 1.89. The quantitative estimate of drug-likeness (QED) is 0.919. The lowest BCUT2D eigenvalue weighted by Crippen LogP contribution is -2.46. The maximum atomic E-state index is 5.12. The van der Waals surface area contributed by atoms with Crippen LogP contribution in [0.3, 0.4) is 0 Å². The van der Waals surface area contributed by atoms with Crippen LogP contribution in [0, 0.1) is 16.7 Å². The van der Waals surface area contributed by atoms with E-state index in [1.54, 1.807) is 14.2 Å². The molecule has 1 heterocycles. The van der Waals surface area contributed by atoms with Gasteiger partial charge in [0.25, 0.3) is 0 Å². The molecule has 116 valence electrons. The monoisotopic (exact) mass is 292 g/mol. The van der Waals surface area contributed by atoms with Gasteiger partial charge < -0.3 is 14.8 Å². The van der Waals surface area contributed by atoms with Crippen molar-refractivity contribution in [2.24, 2.45) is 16.7 Å². The van der Waals surface area contributed by atoms with Gasteiger partial charge in [0.1, 0.15) is 0 Å². The number of methoxy groups -OCH3 is 2. The topological polar surface area (TPSA) is 69.2 Å².